The second-order valence-electron chi connectivity index (χ2n) is 18.5. The van der Waals surface area contributed by atoms with Gasteiger partial charge in [-0.2, -0.15) is 0 Å². The number of allylic oxidation sites excluding steroid dienone is 4. The molecule has 0 bridgehead atoms. The van der Waals surface area contributed by atoms with Crippen molar-refractivity contribution in [2.45, 2.75) is 100 Å². The fourth-order valence-corrected chi connectivity index (χ4v) is 12.0. The van der Waals surface area contributed by atoms with Gasteiger partial charge in [0.15, 0.2) is 0 Å². The van der Waals surface area contributed by atoms with Crippen molar-refractivity contribution in [3.8, 4) is 11.5 Å². The zero-order valence-corrected chi connectivity index (χ0v) is 34.3. The Bertz CT molecular complexity index is 2280. The maximum atomic E-state index is 13.4. The summed E-state index contributed by atoms with van der Waals surface area (Å²) in [6.45, 7) is 6.52. The molecule has 1 spiro atoms. The van der Waals surface area contributed by atoms with Crippen LogP contribution in [0.2, 0.25) is 0 Å². The van der Waals surface area contributed by atoms with Crippen LogP contribution in [-0.4, -0.2) is 102 Å². The summed E-state index contributed by atoms with van der Waals surface area (Å²) >= 11 is 0. The largest absolute Gasteiger partial charge is 0.508 e. The molecule has 2 N–H and O–H groups in total. The predicted octanol–water partition coefficient (Wildman–Crippen LogP) is 6.23. The number of piperidine rings is 2. The average molecular weight is 810 g/mol. The van der Waals surface area contributed by atoms with Crippen LogP contribution in [0.3, 0.4) is 0 Å². The molecule has 60 heavy (non-hydrogen) atoms. The van der Waals surface area contributed by atoms with Crippen molar-refractivity contribution in [1.82, 2.24) is 15.1 Å². The van der Waals surface area contributed by atoms with Crippen molar-refractivity contribution in [1.29, 1.82) is 0 Å². The molecule has 4 saturated heterocycles. The van der Waals surface area contributed by atoms with Crippen molar-refractivity contribution in [3.63, 3.8) is 0 Å². The Labute approximate surface area is 352 Å². The zero-order valence-electron chi connectivity index (χ0n) is 34.3. The van der Waals surface area contributed by atoms with Crippen LogP contribution in [0.4, 0.5) is 11.4 Å². The molecule has 3 aromatic rings. The lowest BCUT2D eigenvalue weighted by Gasteiger charge is -2.46. The Kier molecular flexibility index (Phi) is 9.52. The highest BCUT2D eigenvalue weighted by Gasteiger charge is 2.46. The van der Waals surface area contributed by atoms with Gasteiger partial charge >= 0.3 is 0 Å². The Balaban J connectivity index is 0.698. The van der Waals surface area contributed by atoms with Gasteiger partial charge in [0, 0.05) is 68.4 Å². The van der Waals surface area contributed by atoms with Crippen molar-refractivity contribution >= 4 is 29.1 Å². The van der Waals surface area contributed by atoms with E-state index in [9.17, 15) is 19.5 Å². The standard InChI is InChI=1S/C49H55N5O6/c55-36-11-13-39-33(26-36)8-12-38(31-4-2-1-3-5-31)45(39)32-6-9-34(10-7-32)52-22-20-49(21-23-52)19-18-37(60-49)28-51-24-25-53-35(27-51)30-59-46-41-29-54(43-16-17-44(56)50-47(43)57)48(58)40(41)14-15-42(46)53/h1-2,4,6-7,9-11,13-15,26,35,37-38,43,45,55H,3,5,8,12,16-25,27-30H2,(H,50,56,57)/t35-,37?,38-,43+,45+/m1/s1. The Hall–Kier alpha value is -5.13. The molecule has 3 aromatic carbocycles. The molecular formula is C49H55N5O6. The Morgan fingerprint density at radius 3 is 2.55 bits per heavy atom. The van der Waals surface area contributed by atoms with Gasteiger partial charge < -0.3 is 29.3 Å². The van der Waals surface area contributed by atoms with Gasteiger partial charge in [-0.25, -0.2) is 0 Å². The van der Waals surface area contributed by atoms with Gasteiger partial charge in [-0.05, 0) is 117 Å². The molecule has 8 aliphatic rings. The second-order valence-corrected chi connectivity index (χ2v) is 18.5. The number of ether oxygens (including phenoxy) is 2. The highest BCUT2D eigenvalue weighted by Crippen LogP contribution is 2.48. The quantitative estimate of drug-likeness (QED) is 0.280. The van der Waals surface area contributed by atoms with Gasteiger partial charge in [0.25, 0.3) is 5.91 Å². The number of aromatic hydroxyl groups is 1. The van der Waals surface area contributed by atoms with Gasteiger partial charge in [0.05, 0.1) is 30.0 Å². The van der Waals surface area contributed by atoms with E-state index in [1.165, 1.54) is 22.4 Å². The number of amides is 3. The first-order chi connectivity index (χ1) is 29.3. The third-order valence-corrected chi connectivity index (χ3v) is 15.1. The number of rotatable bonds is 6. The van der Waals surface area contributed by atoms with Crippen LogP contribution in [0.5, 0.6) is 11.5 Å². The molecule has 4 fully saturated rings. The molecular weight excluding hydrogens is 755 g/mol. The first-order valence-corrected chi connectivity index (χ1v) is 22.4. The molecule has 3 amide bonds. The van der Waals surface area contributed by atoms with Gasteiger partial charge in [0.2, 0.25) is 11.8 Å². The number of nitrogens with one attached hydrogen (secondary N) is 1. The van der Waals surface area contributed by atoms with E-state index in [1.807, 2.05) is 24.3 Å². The molecule has 6 aliphatic heterocycles. The molecule has 0 saturated carbocycles. The number of nitrogens with zero attached hydrogens (tertiary/aromatic N) is 4. The summed E-state index contributed by atoms with van der Waals surface area (Å²) in [4.78, 5) is 46.9. The van der Waals surface area contributed by atoms with Crippen LogP contribution in [0.1, 0.15) is 96.3 Å². The minimum atomic E-state index is -0.639. The van der Waals surface area contributed by atoms with Crippen molar-refractivity contribution in [3.05, 3.63) is 106 Å². The average Bonchev–Trinajstić information content (AvgIpc) is 3.82. The van der Waals surface area contributed by atoms with Crippen LogP contribution < -0.4 is 19.9 Å². The first-order valence-electron chi connectivity index (χ1n) is 22.4. The van der Waals surface area contributed by atoms with E-state index in [-0.39, 0.29) is 36.0 Å². The van der Waals surface area contributed by atoms with Crippen molar-refractivity contribution < 1.29 is 29.0 Å². The number of piperazine rings is 1. The number of anilines is 2. The Morgan fingerprint density at radius 1 is 0.867 bits per heavy atom. The third kappa shape index (κ3) is 6.69. The minimum Gasteiger partial charge on any atom is -0.508 e. The summed E-state index contributed by atoms with van der Waals surface area (Å²) in [5.74, 6) is 1.05. The number of phenolic OH excluding ortho intramolecular Hbond substituents is 1. The van der Waals surface area contributed by atoms with Gasteiger partial charge in [0.1, 0.15) is 24.1 Å². The summed E-state index contributed by atoms with van der Waals surface area (Å²) in [6, 6.07) is 18.9. The molecule has 6 heterocycles. The van der Waals surface area contributed by atoms with Crippen molar-refractivity contribution in [2.24, 2.45) is 5.92 Å². The molecule has 0 radical (unpaired) electrons. The number of aryl methyl sites for hydroxylation is 1. The van der Waals surface area contributed by atoms with E-state index in [1.54, 1.807) is 10.5 Å². The number of carbonyl (C=O) groups excluding carboxylic acids is 3. The van der Waals surface area contributed by atoms with Crippen LogP contribution >= 0.6 is 0 Å². The summed E-state index contributed by atoms with van der Waals surface area (Å²) in [6.07, 6.45) is 16.3. The maximum Gasteiger partial charge on any atom is 0.255 e. The number of hydrogen-bond donors (Lipinski definition) is 2. The van der Waals surface area contributed by atoms with E-state index < -0.39 is 11.9 Å². The highest BCUT2D eigenvalue weighted by molar-refractivity contribution is 6.06. The Morgan fingerprint density at radius 2 is 1.73 bits per heavy atom. The molecule has 312 valence electrons. The number of phenols is 1. The molecule has 11 rings (SSSR count). The predicted molar refractivity (Wildman–Crippen MR) is 229 cm³/mol. The molecule has 5 atom stereocenters. The van der Waals surface area contributed by atoms with E-state index in [0.29, 0.717) is 42.7 Å². The molecule has 0 aromatic heterocycles. The summed E-state index contributed by atoms with van der Waals surface area (Å²) in [5.41, 5.74) is 9.29. The smallest absolute Gasteiger partial charge is 0.255 e. The number of hydrogen-bond acceptors (Lipinski definition) is 9. The van der Waals surface area contributed by atoms with E-state index in [4.69, 9.17) is 9.47 Å². The molecule has 11 nitrogen and oxygen atoms in total. The fourth-order valence-electron chi connectivity index (χ4n) is 12.0. The van der Waals surface area contributed by atoms with Crippen LogP contribution in [-0.2, 0) is 27.3 Å². The van der Waals surface area contributed by atoms with Crippen LogP contribution in [0, 0.1) is 5.92 Å². The molecule has 2 aliphatic carbocycles. The highest BCUT2D eigenvalue weighted by atomic mass is 16.5. The van der Waals surface area contributed by atoms with Crippen molar-refractivity contribution in [2.75, 3.05) is 55.7 Å². The van der Waals surface area contributed by atoms with Crippen LogP contribution in [0.25, 0.3) is 0 Å². The van der Waals surface area contributed by atoms with Crippen LogP contribution in [0.15, 0.2) is 78.4 Å². The lowest BCUT2D eigenvalue weighted by atomic mass is 9.68. The maximum absolute atomic E-state index is 13.4. The number of imide groups is 1. The number of fused-ring (bicyclic) bond motifs is 6. The monoisotopic (exact) mass is 809 g/mol. The zero-order chi connectivity index (χ0) is 40.5. The summed E-state index contributed by atoms with van der Waals surface area (Å²) < 4.78 is 13.4. The van der Waals surface area contributed by atoms with E-state index in [2.05, 4.69) is 68.6 Å². The van der Waals surface area contributed by atoms with Gasteiger partial charge in [-0.15, -0.1) is 0 Å². The third-order valence-electron chi connectivity index (χ3n) is 15.1. The number of benzene rings is 3. The van der Waals surface area contributed by atoms with Gasteiger partial charge in [-0.1, -0.05) is 42.0 Å². The first kappa shape index (κ1) is 37.8. The fraction of sp³-hybridized carbons (Fsp3) is 0.490. The lowest BCUT2D eigenvalue weighted by molar-refractivity contribution is -0.136. The molecule has 11 heteroatoms. The van der Waals surface area contributed by atoms with E-state index in [0.717, 1.165) is 108 Å². The summed E-state index contributed by atoms with van der Waals surface area (Å²) in [7, 11) is 0. The number of carbonyl (C=O) groups is 3. The lowest BCUT2D eigenvalue weighted by Crippen LogP contribution is -2.58. The normalized spacial score (nSPS) is 28.5. The topological polar surface area (TPSA) is 115 Å². The van der Waals surface area contributed by atoms with E-state index >= 15 is 0 Å². The second kappa shape index (κ2) is 15.1. The minimum absolute atomic E-state index is 0.0396. The SMILES string of the molecule is O=C1CC[C@H](N2Cc3c(ccc4c3OC[C@H]3CN(CC5CCC6(CCN(c7ccc([C@@H]8c9ccc(O)cc9CC[C@@H]8C8=CC=CCC8)cc7)CC6)O5)CCN43)C2=O)C(=O)N1. The summed E-state index contributed by atoms with van der Waals surface area (Å²) in [5, 5.41) is 12.7. The van der Waals surface area contributed by atoms with Gasteiger partial charge in [-0.3, -0.25) is 24.6 Å². The molecule has 1 unspecified atom stereocenters.